The molecule has 0 amide bonds. The Balaban J connectivity index is 4.27. The number of hydrogen-bond acceptors (Lipinski definition) is 2. The minimum atomic E-state index is 0.687. The topological polar surface area (TPSA) is 35.8 Å². The number of rotatable bonds is 2. The van der Waals surface area contributed by atoms with Gasteiger partial charge in [0.15, 0.2) is 0 Å². The Morgan fingerprint density at radius 3 is 2.50 bits per heavy atom. The normalized spacial score (nSPS) is 12.6. The maximum absolute atomic E-state index is 8.48. The van der Waals surface area contributed by atoms with E-state index in [-0.39, 0.29) is 0 Å². The van der Waals surface area contributed by atoms with Gasteiger partial charge in [-0.15, -0.1) is 0 Å². The molecule has 0 fully saturated rings. The Bertz CT molecular complexity index is 194. The number of nitriles is 1. The van der Waals surface area contributed by atoms with Crippen molar-refractivity contribution in [1.82, 2.24) is 5.32 Å². The van der Waals surface area contributed by atoms with Crippen LogP contribution in [-0.2, 0) is 0 Å². The number of hydrogen-bond donors (Lipinski definition) is 1. The molecular formula is C8H12N2. The van der Waals surface area contributed by atoms with Crippen LogP contribution in [0.2, 0.25) is 0 Å². The molecule has 0 unspecified atom stereocenters. The highest BCUT2D eigenvalue weighted by atomic mass is 14.8. The smallest absolute Gasteiger partial charge is 0.0988 e. The zero-order valence-electron chi connectivity index (χ0n) is 6.60. The highest BCUT2D eigenvalue weighted by molar-refractivity contribution is 5.33. The summed E-state index contributed by atoms with van der Waals surface area (Å²) in [6.45, 7) is 3.76. The number of nitrogens with zero attached hydrogens (tertiary/aromatic N) is 1. The van der Waals surface area contributed by atoms with E-state index >= 15 is 0 Å². The molecule has 0 aromatic carbocycles. The third-order valence-corrected chi connectivity index (χ3v) is 1.21. The van der Waals surface area contributed by atoms with Crippen LogP contribution in [-0.4, -0.2) is 7.05 Å². The van der Waals surface area contributed by atoms with Crippen molar-refractivity contribution < 1.29 is 0 Å². The molecule has 54 valence electrons. The first-order valence-electron chi connectivity index (χ1n) is 3.17. The first kappa shape index (κ1) is 8.77. The highest BCUT2D eigenvalue weighted by Crippen LogP contribution is 1.96. The summed E-state index contributed by atoms with van der Waals surface area (Å²) in [6, 6.07) is 2.06. The van der Waals surface area contributed by atoms with E-state index < -0.39 is 0 Å². The summed E-state index contributed by atoms with van der Waals surface area (Å²) in [6.07, 6.45) is 3.58. The predicted molar refractivity (Wildman–Crippen MR) is 42.2 cm³/mol. The minimum Gasteiger partial charge on any atom is -0.392 e. The van der Waals surface area contributed by atoms with Crippen molar-refractivity contribution >= 4 is 0 Å². The second kappa shape index (κ2) is 4.63. The van der Waals surface area contributed by atoms with E-state index in [0.717, 1.165) is 5.70 Å². The van der Waals surface area contributed by atoms with Crippen molar-refractivity contribution in [2.75, 3.05) is 7.05 Å². The highest BCUT2D eigenvalue weighted by Gasteiger charge is 1.86. The first-order valence-corrected chi connectivity index (χ1v) is 3.17. The van der Waals surface area contributed by atoms with Gasteiger partial charge in [-0.1, -0.05) is 6.08 Å². The van der Waals surface area contributed by atoms with Crippen LogP contribution in [0.4, 0.5) is 0 Å². The van der Waals surface area contributed by atoms with Gasteiger partial charge in [-0.25, -0.2) is 0 Å². The summed E-state index contributed by atoms with van der Waals surface area (Å²) in [5.41, 5.74) is 1.68. The summed E-state index contributed by atoms with van der Waals surface area (Å²) in [5.74, 6) is 0. The molecule has 0 saturated heterocycles. The molecule has 0 atom stereocenters. The van der Waals surface area contributed by atoms with E-state index in [1.165, 1.54) is 0 Å². The average molecular weight is 136 g/mol. The molecule has 0 aromatic heterocycles. The zero-order chi connectivity index (χ0) is 7.98. The summed E-state index contributed by atoms with van der Waals surface area (Å²) < 4.78 is 0. The van der Waals surface area contributed by atoms with Crippen LogP contribution in [0.15, 0.2) is 23.4 Å². The molecule has 0 radical (unpaired) electrons. The zero-order valence-corrected chi connectivity index (χ0v) is 6.60. The molecule has 1 N–H and O–H groups in total. The van der Waals surface area contributed by atoms with Gasteiger partial charge >= 0.3 is 0 Å². The molecule has 10 heavy (non-hydrogen) atoms. The summed E-state index contributed by atoms with van der Waals surface area (Å²) in [7, 11) is 1.83. The van der Waals surface area contributed by atoms with Crippen molar-refractivity contribution in [2.45, 2.75) is 13.8 Å². The van der Waals surface area contributed by atoms with Gasteiger partial charge in [0.1, 0.15) is 0 Å². The lowest BCUT2D eigenvalue weighted by atomic mass is 10.2. The van der Waals surface area contributed by atoms with Crippen molar-refractivity contribution in [1.29, 1.82) is 5.26 Å². The molecule has 0 spiro atoms. The Morgan fingerprint density at radius 2 is 2.20 bits per heavy atom. The Kier molecular flexibility index (Phi) is 4.06. The lowest BCUT2D eigenvalue weighted by Crippen LogP contribution is -2.01. The molecule has 2 heteroatoms. The van der Waals surface area contributed by atoms with Gasteiger partial charge < -0.3 is 5.32 Å². The Hall–Kier alpha value is -1.23. The van der Waals surface area contributed by atoms with Gasteiger partial charge in [0.25, 0.3) is 0 Å². The molecule has 0 aliphatic rings. The van der Waals surface area contributed by atoms with Gasteiger partial charge in [0.2, 0.25) is 0 Å². The summed E-state index contributed by atoms with van der Waals surface area (Å²) in [4.78, 5) is 0. The van der Waals surface area contributed by atoms with Gasteiger partial charge in [-0.2, -0.15) is 5.26 Å². The van der Waals surface area contributed by atoms with Gasteiger partial charge in [-0.3, -0.25) is 0 Å². The van der Waals surface area contributed by atoms with E-state index in [9.17, 15) is 0 Å². The van der Waals surface area contributed by atoms with Crippen LogP contribution in [0, 0.1) is 11.3 Å². The lowest BCUT2D eigenvalue weighted by molar-refractivity contribution is 0.988. The van der Waals surface area contributed by atoms with Crippen LogP contribution in [0.25, 0.3) is 0 Å². The lowest BCUT2D eigenvalue weighted by Gasteiger charge is -1.95. The molecule has 0 bridgehead atoms. The van der Waals surface area contributed by atoms with Crippen LogP contribution in [0.5, 0.6) is 0 Å². The molecular weight excluding hydrogens is 124 g/mol. The third-order valence-electron chi connectivity index (χ3n) is 1.21. The average Bonchev–Trinajstić information content (AvgIpc) is 1.99. The fraction of sp³-hybridized carbons (Fsp3) is 0.375. The van der Waals surface area contributed by atoms with E-state index in [4.69, 9.17) is 5.26 Å². The molecule has 0 rings (SSSR count). The molecule has 0 aliphatic carbocycles. The third kappa shape index (κ3) is 2.93. The summed E-state index contributed by atoms with van der Waals surface area (Å²) in [5, 5.41) is 11.4. The maximum atomic E-state index is 8.48. The van der Waals surface area contributed by atoms with Crippen molar-refractivity contribution in [3.8, 4) is 6.07 Å². The fourth-order valence-electron chi connectivity index (χ4n) is 0.486. The predicted octanol–water partition coefficient (Wildman–Crippen LogP) is 1.58. The second-order valence-corrected chi connectivity index (χ2v) is 1.93. The maximum Gasteiger partial charge on any atom is 0.0988 e. The Morgan fingerprint density at radius 1 is 1.60 bits per heavy atom. The largest absolute Gasteiger partial charge is 0.392 e. The van der Waals surface area contributed by atoms with Crippen molar-refractivity contribution in [3.05, 3.63) is 23.4 Å². The van der Waals surface area contributed by atoms with Crippen LogP contribution in [0.3, 0.4) is 0 Å². The Labute approximate surface area is 61.9 Å². The number of allylic oxidation sites excluding steroid dienone is 4. The first-order chi connectivity index (χ1) is 4.74. The molecule has 0 aromatic rings. The summed E-state index contributed by atoms with van der Waals surface area (Å²) >= 11 is 0. The van der Waals surface area contributed by atoms with Gasteiger partial charge in [-0.05, 0) is 19.9 Å². The standard InChI is InChI=1S/C8H12N2/c1-4-8(6-9)5-7(2)10-3/h4-5,10H,1-3H3/b7-5+,8-4+. The van der Waals surface area contributed by atoms with Crippen molar-refractivity contribution in [3.63, 3.8) is 0 Å². The molecule has 0 aliphatic heterocycles. The molecule has 0 saturated carbocycles. The fourth-order valence-corrected chi connectivity index (χ4v) is 0.486. The van der Waals surface area contributed by atoms with Crippen LogP contribution < -0.4 is 5.32 Å². The molecule has 2 nitrogen and oxygen atoms in total. The monoisotopic (exact) mass is 136 g/mol. The van der Waals surface area contributed by atoms with E-state index in [1.54, 1.807) is 12.2 Å². The molecule has 0 heterocycles. The minimum absolute atomic E-state index is 0.687. The van der Waals surface area contributed by atoms with Gasteiger partial charge in [0, 0.05) is 18.3 Å². The van der Waals surface area contributed by atoms with Crippen molar-refractivity contribution in [2.24, 2.45) is 0 Å². The second-order valence-electron chi connectivity index (χ2n) is 1.93. The van der Waals surface area contributed by atoms with Crippen LogP contribution in [0.1, 0.15) is 13.8 Å². The van der Waals surface area contributed by atoms with E-state index in [1.807, 2.05) is 20.9 Å². The van der Waals surface area contributed by atoms with E-state index in [2.05, 4.69) is 11.4 Å². The SMILES string of the molecule is C/C=C(C#N)\C=C(/C)NC. The quantitative estimate of drug-likeness (QED) is 0.462. The van der Waals surface area contributed by atoms with Gasteiger partial charge in [0.05, 0.1) is 6.07 Å². The van der Waals surface area contributed by atoms with Crippen LogP contribution >= 0.6 is 0 Å². The number of nitrogens with one attached hydrogen (secondary N) is 1. The van der Waals surface area contributed by atoms with E-state index in [0.29, 0.717) is 5.57 Å².